The van der Waals surface area contributed by atoms with Gasteiger partial charge in [0.25, 0.3) is 0 Å². The second-order valence-electron chi connectivity index (χ2n) is 5.10. The van der Waals surface area contributed by atoms with E-state index in [1.165, 1.54) is 0 Å². The molecule has 2 aromatic carbocycles. The van der Waals surface area contributed by atoms with E-state index in [0.29, 0.717) is 16.4 Å². The highest BCUT2D eigenvalue weighted by Gasteiger charge is 2.11. The monoisotopic (exact) mass is 316 g/mol. The first-order chi connectivity index (χ1) is 10.4. The Bertz CT molecular complexity index is 714. The first-order valence-corrected chi connectivity index (χ1v) is 7.24. The fourth-order valence-electron chi connectivity index (χ4n) is 2.00. The van der Waals surface area contributed by atoms with Gasteiger partial charge in [-0.2, -0.15) is 0 Å². The maximum atomic E-state index is 11.9. The van der Waals surface area contributed by atoms with Crippen LogP contribution in [0.3, 0.4) is 0 Å². The van der Waals surface area contributed by atoms with E-state index < -0.39 is 0 Å². The summed E-state index contributed by atoms with van der Waals surface area (Å²) in [7, 11) is 0. The first kappa shape index (κ1) is 16.0. The van der Waals surface area contributed by atoms with Crippen molar-refractivity contribution in [2.75, 3.05) is 10.6 Å². The molecule has 22 heavy (non-hydrogen) atoms. The van der Waals surface area contributed by atoms with Gasteiger partial charge in [0.05, 0.1) is 0 Å². The molecular weight excluding hydrogens is 300 g/mol. The third-order valence-electron chi connectivity index (χ3n) is 3.10. The Balaban J connectivity index is 1.94. The van der Waals surface area contributed by atoms with Crippen LogP contribution in [0.4, 0.5) is 11.4 Å². The third kappa shape index (κ3) is 4.60. The van der Waals surface area contributed by atoms with Gasteiger partial charge in [0.15, 0.2) is 0 Å². The van der Waals surface area contributed by atoms with E-state index in [-0.39, 0.29) is 18.2 Å². The molecule has 2 rings (SSSR count). The molecule has 114 valence electrons. The van der Waals surface area contributed by atoms with Crippen LogP contribution in [-0.4, -0.2) is 11.8 Å². The topological polar surface area (TPSA) is 58.2 Å². The number of carbonyl (C=O) groups excluding carboxylic acids is 2. The van der Waals surface area contributed by atoms with E-state index in [4.69, 9.17) is 11.6 Å². The highest BCUT2D eigenvalue weighted by Crippen LogP contribution is 2.20. The normalized spacial score (nSPS) is 10.1. The summed E-state index contributed by atoms with van der Waals surface area (Å²) in [4.78, 5) is 23.8. The number of hydrogen-bond acceptors (Lipinski definition) is 2. The van der Waals surface area contributed by atoms with E-state index in [0.717, 1.165) is 11.1 Å². The van der Waals surface area contributed by atoms with Crippen LogP contribution in [0, 0.1) is 13.8 Å². The van der Waals surface area contributed by atoms with Crippen LogP contribution in [0.25, 0.3) is 0 Å². The van der Waals surface area contributed by atoms with Gasteiger partial charge < -0.3 is 10.6 Å². The zero-order chi connectivity index (χ0) is 16.1. The molecule has 2 amide bonds. The summed E-state index contributed by atoms with van der Waals surface area (Å²) in [5.41, 5.74) is 3.21. The van der Waals surface area contributed by atoms with Gasteiger partial charge in [-0.15, -0.1) is 0 Å². The van der Waals surface area contributed by atoms with Gasteiger partial charge in [0.1, 0.15) is 6.42 Å². The molecule has 0 fully saturated rings. The molecule has 0 heterocycles. The summed E-state index contributed by atoms with van der Waals surface area (Å²) in [6.45, 7) is 3.79. The molecule has 0 aliphatic heterocycles. The second kappa shape index (κ2) is 7.09. The summed E-state index contributed by atoms with van der Waals surface area (Å²) in [6, 6.07) is 12.6. The number of nitrogens with one attached hydrogen (secondary N) is 2. The lowest BCUT2D eigenvalue weighted by Crippen LogP contribution is -2.21. The molecule has 0 spiro atoms. The van der Waals surface area contributed by atoms with Crippen molar-refractivity contribution < 1.29 is 9.59 Å². The fraction of sp³-hybridized carbons (Fsp3) is 0.176. The predicted molar refractivity (Wildman–Crippen MR) is 89.2 cm³/mol. The zero-order valence-corrected chi connectivity index (χ0v) is 13.2. The minimum Gasteiger partial charge on any atom is -0.326 e. The van der Waals surface area contributed by atoms with Gasteiger partial charge in [-0.25, -0.2) is 0 Å². The Morgan fingerprint density at radius 3 is 2.45 bits per heavy atom. The summed E-state index contributed by atoms with van der Waals surface area (Å²) in [5, 5.41) is 5.93. The van der Waals surface area contributed by atoms with Gasteiger partial charge in [0.2, 0.25) is 11.8 Å². The molecule has 4 nitrogen and oxygen atoms in total. The average Bonchev–Trinajstić information content (AvgIpc) is 2.42. The molecule has 0 saturated heterocycles. The van der Waals surface area contributed by atoms with Crippen LogP contribution < -0.4 is 10.6 Å². The van der Waals surface area contributed by atoms with Crippen molar-refractivity contribution in [1.29, 1.82) is 0 Å². The molecule has 0 aliphatic carbocycles. The number of aryl methyl sites for hydroxylation is 2. The number of rotatable bonds is 4. The van der Waals surface area contributed by atoms with Crippen LogP contribution in [0.15, 0.2) is 42.5 Å². The Morgan fingerprint density at radius 1 is 1.00 bits per heavy atom. The molecule has 0 unspecified atom stereocenters. The molecule has 0 atom stereocenters. The van der Waals surface area contributed by atoms with Crippen molar-refractivity contribution in [3.63, 3.8) is 0 Å². The van der Waals surface area contributed by atoms with Gasteiger partial charge in [-0.1, -0.05) is 29.8 Å². The largest absolute Gasteiger partial charge is 0.326 e. The first-order valence-electron chi connectivity index (χ1n) is 6.86. The second-order valence-corrected chi connectivity index (χ2v) is 5.54. The summed E-state index contributed by atoms with van der Waals surface area (Å²) in [6.07, 6.45) is -0.250. The molecule has 5 heteroatoms. The molecular formula is C17H17ClN2O2. The fourth-order valence-corrected chi connectivity index (χ4v) is 2.17. The van der Waals surface area contributed by atoms with E-state index in [1.807, 2.05) is 38.1 Å². The van der Waals surface area contributed by atoms with E-state index in [2.05, 4.69) is 10.6 Å². The third-order valence-corrected chi connectivity index (χ3v) is 3.33. The lowest BCUT2D eigenvalue weighted by Gasteiger charge is -2.09. The molecule has 0 bridgehead atoms. The highest BCUT2D eigenvalue weighted by molar-refractivity contribution is 6.31. The van der Waals surface area contributed by atoms with Crippen molar-refractivity contribution >= 4 is 34.8 Å². The van der Waals surface area contributed by atoms with E-state index in [9.17, 15) is 9.59 Å². The molecule has 0 saturated carbocycles. The Hall–Kier alpha value is -2.33. The minimum atomic E-state index is -0.379. The quantitative estimate of drug-likeness (QED) is 0.840. The number of carbonyl (C=O) groups is 2. The van der Waals surface area contributed by atoms with Crippen molar-refractivity contribution in [1.82, 2.24) is 0 Å². The Kier molecular flexibility index (Phi) is 5.17. The molecule has 0 aromatic heterocycles. The standard InChI is InChI=1S/C17H17ClN2O2/c1-11-4-3-5-14(8-11)19-16(21)10-17(22)20-15-9-13(18)7-6-12(15)2/h3-9H,10H2,1-2H3,(H,19,21)(H,20,22). The Labute approximate surface area is 134 Å². The van der Waals surface area contributed by atoms with Crippen molar-refractivity contribution in [2.24, 2.45) is 0 Å². The van der Waals surface area contributed by atoms with Crippen LogP contribution in [0.2, 0.25) is 5.02 Å². The van der Waals surface area contributed by atoms with Gasteiger partial charge >= 0.3 is 0 Å². The zero-order valence-electron chi connectivity index (χ0n) is 12.4. The van der Waals surface area contributed by atoms with Crippen LogP contribution in [0.1, 0.15) is 17.5 Å². The maximum Gasteiger partial charge on any atom is 0.233 e. The van der Waals surface area contributed by atoms with Crippen molar-refractivity contribution in [3.8, 4) is 0 Å². The van der Waals surface area contributed by atoms with E-state index >= 15 is 0 Å². The number of halogens is 1. The molecule has 2 N–H and O–H groups in total. The van der Waals surface area contributed by atoms with Crippen LogP contribution >= 0.6 is 11.6 Å². The smallest absolute Gasteiger partial charge is 0.233 e. The molecule has 2 aromatic rings. The van der Waals surface area contributed by atoms with Gasteiger partial charge in [-0.05, 0) is 49.2 Å². The number of hydrogen-bond donors (Lipinski definition) is 2. The highest BCUT2D eigenvalue weighted by atomic mass is 35.5. The van der Waals surface area contributed by atoms with Crippen LogP contribution in [-0.2, 0) is 9.59 Å². The van der Waals surface area contributed by atoms with E-state index in [1.54, 1.807) is 18.2 Å². The summed E-state index contributed by atoms with van der Waals surface area (Å²) in [5.74, 6) is -0.738. The maximum absolute atomic E-state index is 11.9. The lowest BCUT2D eigenvalue weighted by molar-refractivity contribution is -0.123. The average molecular weight is 317 g/mol. The Morgan fingerprint density at radius 2 is 1.73 bits per heavy atom. The minimum absolute atomic E-state index is 0.250. The lowest BCUT2D eigenvalue weighted by atomic mass is 10.2. The van der Waals surface area contributed by atoms with Crippen LogP contribution in [0.5, 0.6) is 0 Å². The van der Waals surface area contributed by atoms with Gasteiger partial charge in [0, 0.05) is 16.4 Å². The van der Waals surface area contributed by atoms with Crippen molar-refractivity contribution in [3.05, 3.63) is 58.6 Å². The predicted octanol–water partition coefficient (Wildman–Crippen LogP) is 3.92. The summed E-state index contributed by atoms with van der Waals surface area (Å²) < 4.78 is 0. The molecule has 0 aliphatic rings. The number of anilines is 2. The molecule has 0 radical (unpaired) electrons. The van der Waals surface area contributed by atoms with Crippen molar-refractivity contribution in [2.45, 2.75) is 20.3 Å². The van der Waals surface area contributed by atoms with Gasteiger partial charge in [-0.3, -0.25) is 9.59 Å². The summed E-state index contributed by atoms with van der Waals surface area (Å²) >= 11 is 5.90. The SMILES string of the molecule is Cc1cccc(NC(=O)CC(=O)Nc2cc(Cl)ccc2C)c1. The number of amides is 2. The number of benzene rings is 2.